The highest BCUT2D eigenvalue weighted by molar-refractivity contribution is 5.97. The predicted molar refractivity (Wildman–Crippen MR) is 76.5 cm³/mol. The van der Waals surface area contributed by atoms with Crippen molar-refractivity contribution in [3.05, 3.63) is 47.3 Å². The number of aliphatic carboxylic acids is 1. The van der Waals surface area contributed by atoms with Gasteiger partial charge in [-0.05, 0) is 31.9 Å². The molecule has 0 saturated carbocycles. The van der Waals surface area contributed by atoms with Gasteiger partial charge in [0.1, 0.15) is 17.9 Å². The molecule has 1 aliphatic rings. The van der Waals surface area contributed by atoms with E-state index in [1.165, 1.54) is 6.26 Å². The molecular weight excluding hydrogens is 286 g/mol. The molecule has 22 heavy (non-hydrogen) atoms. The number of carbonyl (C=O) groups is 2. The van der Waals surface area contributed by atoms with Crippen molar-refractivity contribution in [1.82, 2.24) is 4.90 Å². The van der Waals surface area contributed by atoms with Crippen LogP contribution in [0.1, 0.15) is 46.3 Å². The molecule has 0 spiro atoms. The molecule has 2 aromatic rings. The summed E-state index contributed by atoms with van der Waals surface area (Å²) in [5.74, 6) is -0.249. The maximum atomic E-state index is 12.9. The zero-order valence-corrected chi connectivity index (χ0v) is 12.2. The van der Waals surface area contributed by atoms with E-state index in [9.17, 15) is 9.59 Å². The molecule has 1 amide bonds. The SMILES string of the molecule is Cc1coc(CC(=O)O)c1C(=O)N1CCCC1c1ccco1. The molecule has 0 aliphatic carbocycles. The molecule has 0 aromatic carbocycles. The van der Waals surface area contributed by atoms with E-state index in [4.69, 9.17) is 13.9 Å². The highest BCUT2D eigenvalue weighted by Crippen LogP contribution is 2.34. The van der Waals surface area contributed by atoms with Crippen molar-refractivity contribution in [1.29, 1.82) is 0 Å². The van der Waals surface area contributed by atoms with Crippen molar-refractivity contribution in [2.45, 2.75) is 32.2 Å². The van der Waals surface area contributed by atoms with Gasteiger partial charge in [0, 0.05) is 12.1 Å². The van der Waals surface area contributed by atoms with E-state index in [-0.39, 0.29) is 24.1 Å². The second kappa shape index (κ2) is 5.71. The fourth-order valence-electron chi connectivity index (χ4n) is 2.98. The van der Waals surface area contributed by atoms with Crippen LogP contribution in [-0.2, 0) is 11.2 Å². The van der Waals surface area contributed by atoms with Crippen LogP contribution in [-0.4, -0.2) is 28.4 Å². The minimum Gasteiger partial charge on any atom is -0.481 e. The molecule has 1 atom stereocenters. The zero-order valence-electron chi connectivity index (χ0n) is 12.2. The second-order valence-electron chi connectivity index (χ2n) is 5.46. The first-order valence-corrected chi connectivity index (χ1v) is 7.21. The lowest BCUT2D eigenvalue weighted by Gasteiger charge is -2.23. The Labute approximate surface area is 127 Å². The minimum absolute atomic E-state index is 0.102. The number of furan rings is 2. The highest BCUT2D eigenvalue weighted by atomic mass is 16.4. The molecule has 1 fully saturated rings. The summed E-state index contributed by atoms with van der Waals surface area (Å²) in [7, 11) is 0. The van der Waals surface area contributed by atoms with Crippen LogP contribution >= 0.6 is 0 Å². The maximum absolute atomic E-state index is 12.9. The number of carbonyl (C=O) groups excluding carboxylic acids is 1. The average Bonchev–Trinajstić information content (AvgIpc) is 3.17. The number of carboxylic acid groups (broad SMARTS) is 1. The first-order chi connectivity index (χ1) is 10.6. The Morgan fingerprint density at radius 3 is 2.91 bits per heavy atom. The molecule has 116 valence electrons. The third kappa shape index (κ3) is 2.52. The van der Waals surface area contributed by atoms with Crippen molar-refractivity contribution in [3.63, 3.8) is 0 Å². The Hall–Kier alpha value is -2.50. The Morgan fingerprint density at radius 2 is 2.23 bits per heavy atom. The Bertz CT molecular complexity index is 685. The van der Waals surface area contributed by atoms with Crippen LogP contribution in [0, 0.1) is 6.92 Å². The molecule has 0 radical (unpaired) electrons. The van der Waals surface area contributed by atoms with Crippen LogP contribution < -0.4 is 0 Å². The number of hydrogen-bond donors (Lipinski definition) is 1. The Kier molecular flexibility index (Phi) is 3.75. The molecule has 1 saturated heterocycles. The summed E-state index contributed by atoms with van der Waals surface area (Å²) >= 11 is 0. The maximum Gasteiger partial charge on any atom is 0.311 e. The van der Waals surface area contributed by atoms with Gasteiger partial charge in [0.15, 0.2) is 0 Å². The molecule has 1 N–H and O–H groups in total. The number of rotatable bonds is 4. The number of amides is 1. The van der Waals surface area contributed by atoms with Crippen LogP contribution in [0.15, 0.2) is 33.5 Å². The quantitative estimate of drug-likeness (QED) is 0.939. The van der Waals surface area contributed by atoms with Gasteiger partial charge in [-0.15, -0.1) is 0 Å². The van der Waals surface area contributed by atoms with Gasteiger partial charge in [-0.2, -0.15) is 0 Å². The van der Waals surface area contributed by atoms with Crippen molar-refractivity contribution < 1.29 is 23.5 Å². The van der Waals surface area contributed by atoms with E-state index < -0.39 is 5.97 Å². The molecule has 0 bridgehead atoms. The number of nitrogens with zero attached hydrogens (tertiary/aromatic N) is 1. The molecule has 3 heterocycles. The zero-order chi connectivity index (χ0) is 15.7. The van der Waals surface area contributed by atoms with E-state index in [1.807, 2.05) is 6.07 Å². The molecule has 3 rings (SSSR count). The summed E-state index contributed by atoms with van der Waals surface area (Å²) < 4.78 is 10.7. The summed E-state index contributed by atoms with van der Waals surface area (Å²) in [5.41, 5.74) is 1.02. The van der Waals surface area contributed by atoms with E-state index in [2.05, 4.69) is 0 Å². The van der Waals surface area contributed by atoms with Gasteiger partial charge < -0.3 is 18.8 Å². The monoisotopic (exact) mass is 303 g/mol. The van der Waals surface area contributed by atoms with Gasteiger partial charge in [0.25, 0.3) is 5.91 Å². The van der Waals surface area contributed by atoms with Crippen molar-refractivity contribution in [3.8, 4) is 0 Å². The summed E-state index contributed by atoms with van der Waals surface area (Å²) in [6.45, 7) is 2.38. The summed E-state index contributed by atoms with van der Waals surface area (Å²) in [4.78, 5) is 25.5. The third-order valence-corrected chi connectivity index (χ3v) is 3.96. The molecule has 6 heteroatoms. The normalized spacial score (nSPS) is 17.9. The number of carboxylic acids is 1. The number of likely N-dealkylation sites (tertiary alicyclic amines) is 1. The van der Waals surface area contributed by atoms with Gasteiger partial charge in [-0.3, -0.25) is 9.59 Å². The van der Waals surface area contributed by atoms with Gasteiger partial charge in [0.2, 0.25) is 0 Å². The minimum atomic E-state index is -1.02. The van der Waals surface area contributed by atoms with Gasteiger partial charge in [-0.25, -0.2) is 0 Å². The van der Waals surface area contributed by atoms with Crippen LogP contribution in [0.5, 0.6) is 0 Å². The molecule has 2 aromatic heterocycles. The van der Waals surface area contributed by atoms with E-state index in [0.29, 0.717) is 17.7 Å². The lowest BCUT2D eigenvalue weighted by atomic mass is 10.1. The third-order valence-electron chi connectivity index (χ3n) is 3.96. The lowest BCUT2D eigenvalue weighted by molar-refractivity contribution is -0.136. The topological polar surface area (TPSA) is 83.9 Å². The first kappa shape index (κ1) is 14.4. The van der Waals surface area contributed by atoms with E-state index in [1.54, 1.807) is 24.2 Å². The average molecular weight is 303 g/mol. The number of aryl methyl sites for hydroxylation is 1. The van der Waals surface area contributed by atoms with Crippen LogP contribution in [0.3, 0.4) is 0 Å². The van der Waals surface area contributed by atoms with Crippen molar-refractivity contribution in [2.24, 2.45) is 0 Å². The van der Waals surface area contributed by atoms with Gasteiger partial charge in [0.05, 0.1) is 24.1 Å². The summed E-state index contributed by atoms with van der Waals surface area (Å²) in [5, 5.41) is 8.95. The fraction of sp³-hybridized carbons (Fsp3) is 0.375. The van der Waals surface area contributed by atoms with E-state index >= 15 is 0 Å². The predicted octanol–water partition coefficient (Wildman–Crippen LogP) is 2.79. The summed E-state index contributed by atoms with van der Waals surface area (Å²) in [6.07, 6.45) is 4.46. The highest BCUT2D eigenvalue weighted by Gasteiger charge is 2.35. The number of hydrogen-bond acceptors (Lipinski definition) is 4. The smallest absolute Gasteiger partial charge is 0.311 e. The molecule has 1 unspecified atom stereocenters. The van der Waals surface area contributed by atoms with Crippen LogP contribution in [0.25, 0.3) is 0 Å². The van der Waals surface area contributed by atoms with Gasteiger partial charge in [-0.1, -0.05) is 0 Å². The van der Waals surface area contributed by atoms with E-state index in [0.717, 1.165) is 18.6 Å². The molecule has 1 aliphatic heterocycles. The Balaban J connectivity index is 1.90. The van der Waals surface area contributed by atoms with Crippen molar-refractivity contribution in [2.75, 3.05) is 6.54 Å². The molecule has 6 nitrogen and oxygen atoms in total. The first-order valence-electron chi connectivity index (χ1n) is 7.21. The van der Waals surface area contributed by atoms with Crippen LogP contribution in [0.2, 0.25) is 0 Å². The van der Waals surface area contributed by atoms with Gasteiger partial charge >= 0.3 is 5.97 Å². The largest absolute Gasteiger partial charge is 0.481 e. The summed E-state index contributed by atoms with van der Waals surface area (Å²) in [6, 6.07) is 3.56. The van der Waals surface area contributed by atoms with Crippen LogP contribution in [0.4, 0.5) is 0 Å². The van der Waals surface area contributed by atoms with Crippen molar-refractivity contribution >= 4 is 11.9 Å². The Morgan fingerprint density at radius 1 is 1.41 bits per heavy atom. The second-order valence-corrected chi connectivity index (χ2v) is 5.46. The lowest BCUT2D eigenvalue weighted by Crippen LogP contribution is -2.31. The molecular formula is C16H17NO5. The standard InChI is InChI=1S/C16H17NO5/c1-10-9-22-13(8-14(18)19)15(10)16(20)17-6-2-4-11(17)12-5-3-7-21-12/h3,5,7,9,11H,2,4,6,8H2,1H3,(H,18,19). The fourth-order valence-corrected chi connectivity index (χ4v) is 2.98.